The summed E-state index contributed by atoms with van der Waals surface area (Å²) in [6.07, 6.45) is 5.36. The molecule has 1 aromatic rings. The van der Waals surface area contributed by atoms with E-state index in [0.29, 0.717) is 11.3 Å². The first-order valence-corrected chi connectivity index (χ1v) is 8.52. The highest BCUT2D eigenvalue weighted by molar-refractivity contribution is 5.95. The van der Waals surface area contributed by atoms with Gasteiger partial charge in [-0.15, -0.1) is 24.8 Å². The number of anilines is 1. The van der Waals surface area contributed by atoms with Gasteiger partial charge in [0.25, 0.3) is 5.91 Å². The molecule has 4 nitrogen and oxygen atoms in total. The lowest BCUT2D eigenvalue weighted by molar-refractivity contribution is 0.0501. The quantitative estimate of drug-likeness (QED) is 0.807. The minimum absolute atomic E-state index is 0. The van der Waals surface area contributed by atoms with Gasteiger partial charge in [0.05, 0.1) is 0 Å². The zero-order valence-corrected chi connectivity index (χ0v) is 16.0. The zero-order valence-electron chi connectivity index (χ0n) is 14.3. The number of nitrogens with two attached hydrogens (primary N) is 1. The van der Waals surface area contributed by atoms with Crippen LogP contribution in [0.5, 0.6) is 0 Å². The van der Waals surface area contributed by atoms with E-state index >= 15 is 0 Å². The number of halogens is 2. The highest BCUT2D eigenvalue weighted by Crippen LogP contribution is 2.27. The van der Waals surface area contributed by atoms with Crippen molar-refractivity contribution in [2.45, 2.75) is 38.6 Å². The van der Waals surface area contributed by atoms with Gasteiger partial charge in [-0.05, 0) is 49.8 Å². The maximum atomic E-state index is 12.5. The smallest absolute Gasteiger partial charge is 0.254 e. The van der Waals surface area contributed by atoms with Crippen molar-refractivity contribution in [2.75, 3.05) is 31.9 Å². The molecule has 136 valence electrons. The minimum Gasteiger partial charge on any atom is -0.399 e. The standard InChI is InChI=1S/C18H27N3O.2ClH/c1-14-5-7-17(8-6-14)20-9-11-21(12-10-20)18(22)15-3-2-4-16(19)13-15;;/h2-4,13-14,17H,5-12,19H2,1H3;2*1H. The molecule has 0 bridgehead atoms. The number of hydrogen-bond acceptors (Lipinski definition) is 3. The normalized spacial score (nSPS) is 24.6. The van der Waals surface area contributed by atoms with E-state index < -0.39 is 0 Å². The van der Waals surface area contributed by atoms with Gasteiger partial charge >= 0.3 is 0 Å². The first kappa shape index (κ1) is 21.1. The van der Waals surface area contributed by atoms with Crippen LogP contribution in [0.4, 0.5) is 5.69 Å². The second-order valence-electron chi connectivity index (χ2n) is 6.87. The maximum absolute atomic E-state index is 12.5. The van der Waals surface area contributed by atoms with E-state index in [1.54, 1.807) is 6.07 Å². The first-order valence-electron chi connectivity index (χ1n) is 8.52. The number of carbonyl (C=O) groups is 1. The lowest BCUT2D eigenvalue weighted by Gasteiger charge is -2.41. The molecule has 1 heterocycles. The van der Waals surface area contributed by atoms with Crippen LogP contribution in [0, 0.1) is 5.92 Å². The highest BCUT2D eigenvalue weighted by atomic mass is 35.5. The van der Waals surface area contributed by atoms with E-state index in [1.165, 1.54) is 25.7 Å². The van der Waals surface area contributed by atoms with Gasteiger partial charge in [-0.25, -0.2) is 0 Å². The van der Waals surface area contributed by atoms with Crippen LogP contribution in [0.25, 0.3) is 0 Å². The molecule has 1 amide bonds. The molecule has 1 aromatic carbocycles. The van der Waals surface area contributed by atoms with Gasteiger partial charge in [0.15, 0.2) is 0 Å². The van der Waals surface area contributed by atoms with Crippen molar-refractivity contribution in [3.63, 3.8) is 0 Å². The molecule has 1 aliphatic heterocycles. The van der Waals surface area contributed by atoms with Crippen molar-refractivity contribution in [1.82, 2.24) is 9.80 Å². The number of amides is 1. The summed E-state index contributed by atoms with van der Waals surface area (Å²) in [5.74, 6) is 1.01. The molecular formula is C18H29Cl2N3O. The van der Waals surface area contributed by atoms with Crippen LogP contribution in [-0.2, 0) is 0 Å². The van der Waals surface area contributed by atoms with E-state index in [4.69, 9.17) is 5.73 Å². The third kappa shape index (κ3) is 5.01. The molecule has 0 spiro atoms. The SMILES string of the molecule is CC1CCC(N2CCN(C(=O)c3cccc(N)c3)CC2)CC1.Cl.Cl. The highest BCUT2D eigenvalue weighted by Gasteiger charge is 2.28. The average Bonchev–Trinajstić information content (AvgIpc) is 2.55. The van der Waals surface area contributed by atoms with Crippen molar-refractivity contribution in [3.05, 3.63) is 29.8 Å². The fourth-order valence-corrected chi connectivity index (χ4v) is 3.75. The molecule has 0 atom stereocenters. The summed E-state index contributed by atoms with van der Waals surface area (Å²) in [7, 11) is 0. The monoisotopic (exact) mass is 373 g/mol. The molecule has 0 aromatic heterocycles. The van der Waals surface area contributed by atoms with Crippen LogP contribution in [-0.4, -0.2) is 47.9 Å². The minimum atomic E-state index is 0. The summed E-state index contributed by atoms with van der Waals surface area (Å²) < 4.78 is 0. The molecular weight excluding hydrogens is 345 g/mol. The Balaban J connectivity index is 0.00000144. The van der Waals surface area contributed by atoms with Crippen molar-refractivity contribution in [2.24, 2.45) is 5.92 Å². The van der Waals surface area contributed by atoms with Gasteiger partial charge in [-0.3, -0.25) is 9.69 Å². The van der Waals surface area contributed by atoms with E-state index in [-0.39, 0.29) is 30.7 Å². The van der Waals surface area contributed by atoms with Gasteiger partial charge in [0.1, 0.15) is 0 Å². The number of hydrogen-bond donors (Lipinski definition) is 1. The number of benzene rings is 1. The van der Waals surface area contributed by atoms with E-state index in [9.17, 15) is 4.79 Å². The second-order valence-corrected chi connectivity index (χ2v) is 6.87. The predicted octanol–water partition coefficient (Wildman–Crippen LogP) is 3.45. The maximum Gasteiger partial charge on any atom is 0.254 e. The molecule has 0 unspecified atom stereocenters. The van der Waals surface area contributed by atoms with E-state index in [1.807, 2.05) is 23.1 Å². The molecule has 2 N–H and O–H groups in total. The number of nitrogen functional groups attached to an aromatic ring is 1. The van der Waals surface area contributed by atoms with Crippen LogP contribution < -0.4 is 5.73 Å². The Hall–Kier alpha value is -0.970. The fraction of sp³-hybridized carbons (Fsp3) is 0.611. The van der Waals surface area contributed by atoms with Crippen molar-refractivity contribution < 1.29 is 4.79 Å². The van der Waals surface area contributed by atoms with E-state index in [2.05, 4.69) is 11.8 Å². The third-order valence-electron chi connectivity index (χ3n) is 5.24. The number of nitrogens with zero attached hydrogens (tertiary/aromatic N) is 2. The van der Waals surface area contributed by atoms with Gasteiger partial charge in [-0.2, -0.15) is 0 Å². The first-order chi connectivity index (χ1) is 10.6. The predicted molar refractivity (Wildman–Crippen MR) is 104 cm³/mol. The Bertz CT molecular complexity index is 525. The molecule has 2 aliphatic rings. The fourth-order valence-electron chi connectivity index (χ4n) is 3.75. The molecule has 6 heteroatoms. The lowest BCUT2D eigenvalue weighted by atomic mass is 9.86. The van der Waals surface area contributed by atoms with Crippen LogP contribution in [0.2, 0.25) is 0 Å². The number of piperazine rings is 1. The Morgan fingerprint density at radius 1 is 1.04 bits per heavy atom. The Morgan fingerprint density at radius 2 is 1.67 bits per heavy atom. The Morgan fingerprint density at radius 3 is 2.25 bits per heavy atom. The van der Waals surface area contributed by atoms with Gasteiger partial charge in [0, 0.05) is 43.5 Å². The van der Waals surface area contributed by atoms with Gasteiger partial charge in [-0.1, -0.05) is 13.0 Å². The topological polar surface area (TPSA) is 49.6 Å². The van der Waals surface area contributed by atoms with Crippen molar-refractivity contribution in [3.8, 4) is 0 Å². The molecule has 1 aliphatic carbocycles. The molecule has 24 heavy (non-hydrogen) atoms. The molecule has 1 saturated heterocycles. The number of rotatable bonds is 2. The average molecular weight is 374 g/mol. The zero-order chi connectivity index (χ0) is 15.5. The van der Waals surface area contributed by atoms with E-state index in [0.717, 1.165) is 38.1 Å². The Labute approximate surface area is 157 Å². The molecule has 1 saturated carbocycles. The lowest BCUT2D eigenvalue weighted by Crippen LogP contribution is -2.52. The van der Waals surface area contributed by atoms with Gasteiger partial charge < -0.3 is 10.6 Å². The molecule has 0 radical (unpaired) electrons. The Kier molecular flexibility index (Phi) is 8.34. The molecule has 3 rings (SSSR count). The summed E-state index contributed by atoms with van der Waals surface area (Å²) in [6.45, 7) is 6.04. The summed E-state index contributed by atoms with van der Waals surface area (Å²) in [6, 6.07) is 8.03. The summed E-state index contributed by atoms with van der Waals surface area (Å²) >= 11 is 0. The van der Waals surface area contributed by atoms with Crippen molar-refractivity contribution >= 4 is 36.4 Å². The van der Waals surface area contributed by atoms with Crippen molar-refractivity contribution in [1.29, 1.82) is 0 Å². The van der Waals surface area contributed by atoms with Crippen LogP contribution in [0.15, 0.2) is 24.3 Å². The summed E-state index contributed by atoms with van der Waals surface area (Å²) in [5.41, 5.74) is 7.14. The van der Waals surface area contributed by atoms with Crippen LogP contribution >= 0.6 is 24.8 Å². The number of carbonyl (C=O) groups excluding carboxylic acids is 1. The van der Waals surface area contributed by atoms with Gasteiger partial charge in [0.2, 0.25) is 0 Å². The second kappa shape index (κ2) is 9.50. The summed E-state index contributed by atoms with van der Waals surface area (Å²) in [5, 5.41) is 0. The van der Waals surface area contributed by atoms with Crippen LogP contribution in [0.1, 0.15) is 43.0 Å². The largest absolute Gasteiger partial charge is 0.399 e. The van der Waals surface area contributed by atoms with Crippen LogP contribution in [0.3, 0.4) is 0 Å². The third-order valence-corrected chi connectivity index (χ3v) is 5.24. The molecule has 2 fully saturated rings. The summed E-state index contributed by atoms with van der Waals surface area (Å²) in [4.78, 5) is 17.1.